The van der Waals surface area contributed by atoms with Crippen molar-refractivity contribution in [2.24, 2.45) is 5.41 Å². The molecule has 0 bridgehead atoms. The number of hydrogen-bond acceptors (Lipinski definition) is 6. The van der Waals surface area contributed by atoms with Gasteiger partial charge in [0.2, 0.25) is 0 Å². The summed E-state index contributed by atoms with van der Waals surface area (Å²) in [6, 6.07) is 13.1. The lowest BCUT2D eigenvalue weighted by Crippen LogP contribution is -2.61. The van der Waals surface area contributed by atoms with E-state index in [1.54, 1.807) is 62.8 Å². The second-order valence-electron chi connectivity index (χ2n) is 6.68. The van der Waals surface area contributed by atoms with Crippen LogP contribution in [0.1, 0.15) is 11.1 Å². The maximum absolute atomic E-state index is 12.8. The smallest absolute Gasteiger partial charge is 0.328 e. The van der Waals surface area contributed by atoms with E-state index < -0.39 is 23.3 Å². The number of nitrogens with one attached hydrogen (secondary N) is 2. The molecule has 0 unspecified atom stereocenters. The molecule has 2 heterocycles. The van der Waals surface area contributed by atoms with Crippen LogP contribution < -0.4 is 20.1 Å². The molecule has 0 aromatic heterocycles. The molecule has 2 aliphatic heterocycles. The molecule has 4 amide bonds. The largest absolute Gasteiger partial charge is 0.497 e. The molecule has 2 aliphatic rings. The number of amides is 4. The highest BCUT2D eigenvalue weighted by Crippen LogP contribution is 2.40. The standard InChI is InChI=1S/C22H18N2O6/c1-28-15-7-3-13(4-8-15)17-11-22(19(25)23-21(27)24-20(22)26)12-18(30-17)14-5-9-16(29-2)10-6-14/h3-12H,1-2H3,(H2,23,24,25,26,27). The van der Waals surface area contributed by atoms with E-state index in [1.807, 2.05) is 0 Å². The van der Waals surface area contributed by atoms with Gasteiger partial charge in [0.05, 0.1) is 14.2 Å². The Morgan fingerprint density at radius 2 is 1.10 bits per heavy atom. The van der Waals surface area contributed by atoms with E-state index in [9.17, 15) is 14.4 Å². The van der Waals surface area contributed by atoms with Crippen LogP contribution in [-0.4, -0.2) is 32.1 Å². The molecule has 8 nitrogen and oxygen atoms in total. The molecule has 1 spiro atoms. The van der Waals surface area contributed by atoms with Crippen molar-refractivity contribution < 1.29 is 28.6 Å². The van der Waals surface area contributed by atoms with Gasteiger partial charge in [-0.05, 0) is 60.7 Å². The van der Waals surface area contributed by atoms with Gasteiger partial charge in [-0.25, -0.2) is 4.79 Å². The van der Waals surface area contributed by atoms with E-state index in [0.29, 0.717) is 34.1 Å². The minimum absolute atomic E-state index is 0.297. The number of methoxy groups -OCH3 is 2. The van der Waals surface area contributed by atoms with Crippen molar-refractivity contribution >= 4 is 29.4 Å². The van der Waals surface area contributed by atoms with E-state index in [1.165, 1.54) is 12.2 Å². The van der Waals surface area contributed by atoms with Crippen molar-refractivity contribution in [3.63, 3.8) is 0 Å². The van der Waals surface area contributed by atoms with Crippen LogP contribution in [-0.2, 0) is 14.3 Å². The zero-order chi connectivity index (χ0) is 21.3. The van der Waals surface area contributed by atoms with Crippen molar-refractivity contribution in [1.82, 2.24) is 10.6 Å². The second-order valence-corrected chi connectivity index (χ2v) is 6.68. The first-order valence-corrected chi connectivity index (χ1v) is 9.04. The number of benzene rings is 2. The maximum atomic E-state index is 12.8. The Bertz CT molecular complexity index is 998. The molecule has 152 valence electrons. The number of hydrogen-bond donors (Lipinski definition) is 2. The molecular weight excluding hydrogens is 388 g/mol. The van der Waals surface area contributed by atoms with Gasteiger partial charge in [-0.1, -0.05) is 0 Å². The van der Waals surface area contributed by atoms with Crippen molar-refractivity contribution in [2.75, 3.05) is 14.2 Å². The number of ether oxygens (including phenoxy) is 3. The quantitative estimate of drug-likeness (QED) is 0.757. The van der Waals surface area contributed by atoms with Gasteiger partial charge in [0.25, 0.3) is 11.8 Å². The highest BCUT2D eigenvalue weighted by atomic mass is 16.5. The summed E-state index contributed by atoms with van der Waals surface area (Å²) in [5.41, 5.74) is -0.477. The fourth-order valence-electron chi connectivity index (χ4n) is 3.24. The van der Waals surface area contributed by atoms with Gasteiger partial charge >= 0.3 is 6.03 Å². The molecule has 0 saturated carbocycles. The molecule has 0 aliphatic carbocycles. The van der Waals surface area contributed by atoms with E-state index >= 15 is 0 Å². The van der Waals surface area contributed by atoms with E-state index in [2.05, 4.69) is 10.6 Å². The van der Waals surface area contributed by atoms with Crippen LogP contribution >= 0.6 is 0 Å². The topological polar surface area (TPSA) is 103 Å². The zero-order valence-electron chi connectivity index (χ0n) is 16.2. The number of barbiturate groups is 1. The summed E-state index contributed by atoms with van der Waals surface area (Å²) in [6.45, 7) is 0. The van der Waals surface area contributed by atoms with Crippen LogP contribution in [0.2, 0.25) is 0 Å². The first-order chi connectivity index (χ1) is 14.4. The van der Waals surface area contributed by atoms with Crippen molar-refractivity contribution in [1.29, 1.82) is 0 Å². The normalized spacial score (nSPS) is 17.3. The third-order valence-electron chi connectivity index (χ3n) is 4.89. The Kier molecular flexibility index (Phi) is 4.75. The van der Waals surface area contributed by atoms with Gasteiger partial charge < -0.3 is 14.2 Å². The Morgan fingerprint density at radius 1 is 0.700 bits per heavy atom. The number of imide groups is 2. The Morgan fingerprint density at radius 3 is 1.47 bits per heavy atom. The fraction of sp³-hybridized carbons (Fsp3) is 0.136. The molecule has 1 saturated heterocycles. The van der Waals surface area contributed by atoms with Gasteiger partial charge in [0, 0.05) is 11.1 Å². The van der Waals surface area contributed by atoms with Crippen LogP contribution in [0, 0.1) is 5.41 Å². The SMILES string of the molecule is COc1ccc(C2=CC3(C=C(c4ccc(OC)cc4)O2)C(=O)NC(=O)NC3=O)cc1. The third kappa shape index (κ3) is 3.28. The minimum atomic E-state index is -1.74. The average molecular weight is 406 g/mol. The highest BCUT2D eigenvalue weighted by Gasteiger charge is 2.50. The summed E-state index contributed by atoms with van der Waals surface area (Å²) in [6.07, 6.45) is 2.80. The maximum Gasteiger partial charge on any atom is 0.328 e. The van der Waals surface area contributed by atoms with E-state index in [-0.39, 0.29) is 0 Å². The Balaban J connectivity index is 1.83. The fourth-order valence-corrected chi connectivity index (χ4v) is 3.24. The van der Waals surface area contributed by atoms with Crippen molar-refractivity contribution in [3.8, 4) is 11.5 Å². The Hall–Kier alpha value is -4.07. The van der Waals surface area contributed by atoms with Gasteiger partial charge in [-0.3, -0.25) is 20.2 Å². The van der Waals surface area contributed by atoms with E-state index in [4.69, 9.17) is 14.2 Å². The molecule has 0 radical (unpaired) electrons. The summed E-state index contributed by atoms with van der Waals surface area (Å²) in [5, 5.41) is 4.31. The monoisotopic (exact) mass is 406 g/mol. The zero-order valence-corrected chi connectivity index (χ0v) is 16.2. The van der Waals surface area contributed by atoms with Crippen LogP contribution in [0.5, 0.6) is 11.5 Å². The molecule has 2 aromatic rings. The summed E-state index contributed by atoms with van der Waals surface area (Å²) in [7, 11) is 3.11. The number of rotatable bonds is 4. The lowest BCUT2D eigenvalue weighted by atomic mass is 9.80. The molecule has 8 heteroatoms. The van der Waals surface area contributed by atoms with Crippen LogP contribution in [0.4, 0.5) is 4.79 Å². The Labute approximate surface area is 172 Å². The van der Waals surface area contributed by atoms with Gasteiger partial charge in [-0.15, -0.1) is 0 Å². The lowest BCUT2D eigenvalue weighted by molar-refractivity contribution is -0.138. The predicted octanol–water partition coefficient (Wildman–Crippen LogP) is 2.47. The molecule has 0 atom stereocenters. The molecule has 30 heavy (non-hydrogen) atoms. The van der Waals surface area contributed by atoms with Gasteiger partial charge in [0.1, 0.15) is 23.0 Å². The molecular formula is C22H18N2O6. The van der Waals surface area contributed by atoms with Gasteiger partial charge in [-0.2, -0.15) is 0 Å². The van der Waals surface area contributed by atoms with Gasteiger partial charge in [0.15, 0.2) is 5.41 Å². The lowest BCUT2D eigenvalue weighted by Gasteiger charge is -2.33. The molecule has 1 fully saturated rings. The molecule has 2 aromatic carbocycles. The van der Waals surface area contributed by atoms with Crippen LogP contribution in [0.3, 0.4) is 0 Å². The van der Waals surface area contributed by atoms with Crippen molar-refractivity contribution in [3.05, 3.63) is 71.8 Å². The summed E-state index contributed by atoms with van der Waals surface area (Å²) >= 11 is 0. The first kappa shape index (κ1) is 19.3. The highest BCUT2D eigenvalue weighted by molar-refractivity contribution is 6.23. The number of carbonyl (C=O) groups excluding carboxylic acids is 3. The second kappa shape index (κ2) is 7.40. The number of urea groups is 1. The average Bonchev–Trinajstić information content (AvgIpc) is 2.77. The van der Waals surface area contributed by atoms with Crippen LogP contribution in [0.25, 0.3) is 11.5 Å². The number of carbonyl (C=O) groups is 3. The minimum Gasteiger partial charge on any atom is -0.497 e. The summed E-state index contributed by atoms with van der Waals surface area (Å²) < 4.78 is 16.4. The molecule has 2 N–H and O–H groups in total. The summed E-state index contributed by atoms with van der Waals surface area (Å²) in [5.74, 6) is 0.383. The van der Waals surface area contributed by atoms with Crippen LogP contribution in [0.15, 0.2) is 60.7 Å². The van der Waals surface area contributed by atoms with Crippen molar-refractivity contribution in [2.45, 2.75) is 0 Å². The third-order valence-corrected chi connectivity index (χ3v) is 4.89. The predicted molar refractivity (Wildman–Crippen MR) is 107 cm³/mol. The molecule has 4 rings (SSSR count). The first-order valence-electron chi connectivity index (χ1n) is 9.04. The summed E-state index contributed by atoms with van der Waals surface area (Å²) in [4.78, 5) is 37.1. The van der Waals surface area contributed by atoms with E-state index in [0.717, 1.165) is 0 Å².